The van der Waals surface area contributed by atoms with Gasteiger partial charge in [0.1, 0.15) is 5.75 Å². The van der Waals surface area contributed by atoms with E-state index in [2.05, 4.69) is 4.74 Å². The third-order valence-corrected chi connectivity index (χ3v) is 2.05. The molecule has 0 aliphatic carbocycles. The van der Waals surface area contributed by atoms with Crippen molar-refractivity contribution < 1.29 is 23.4 Å². The number of benzene rings is 1. The molecule has 6 heteroatoms. The van der Waals surface area contributed by atoms with Gasteiger partial charge in [0.05, 0.1) is 12.1 Å². The number of alkyl halides is 2. The Balaban J connectivity index is 3.16. The van der Waals surface area contributed by atoms with Crippen molar-refractivity contribution in [2.24, 2.45) is 0 Å². The summed E-state index contributed by atoms with van der Waals surface area (Å²) >= 11 is 5.43. The fraction of sp³-hybridized carbons (Fsp3) is 0.222. The summed E-state index contributed by atoms with van der Waals surface area (Å²) in [6, 6.07) is 2.69. The molecule has 0 bridgehead atoms. The first-order chi connectivity index (χ1) is 6.89. The van der Waals surface area contributed by atoms with E-state index >= 15 is 0 Å². The van der Waals surface area contributed by atoms with Crippen LogP contribution < -0.4 is 0 Å². The van der Waals surface area contributed by atoms with E-state index in [4.69, 9.17) is 16.7 Å². The minimum absolute atomic E-state index is 0.254. The molecule has 0 spiro atoms. The number of rotatable bonds is 2. The largest absolute Gasteiger partial charge is 0.506 e. The molecule has 0 fully saturated rings. The van der Waals surface area contributed by atoms with Crippen LogP contribution in [0.1, 0.15) is 5.56 Å². The minimum atomic E-state index is -3.77. The van der Waals surface area contributed by atoms with Crippen molar-refractivity contribution in [1.82, 2.24) is 0 Å². The predicted molar refractivity (Wildman–Crippen MR) is 49.0 cm³/mol. The normalized spacial score (nSPS) is 11.2. The van der Waals surface area contributed by atoms with Crippen molar-refractivity contribution in [3.8, 4) is 5.75 Å². The molecule has 3 nitrogen and oxygen atoms in total. The highest BCUT2D eigenvalue weighted by atomic mass is 35.5. The highest BCUT2D eigenvalue weighted by Gasteiger charge is 2.42. The summed E-state index contributed by atoms with van der Waals surface area (Å²) in [4.78, 5) is 10.8. The first-order valence-electron chi connectivity index (χ1n) is 3.85. The van der Waals surface area contributed by atoms with Gasteiger partial charge in [0.15, 0.2) is 0 Å². The maximum absolute atomic E-state index is 13.2. The Morgan fingerprint density at radius 3 is 2.60 bits per heavy atom. The second-order valence-electron chi connectivity index (χ2n) is 2.73. The Morgan fingerprint density at radius 1 is 1.53 bits per heavy atom. The van der Waals surface area contributed by atoms with Gasteiger partial charge in [-0.3, -0.25) is 0 Å². The van der Waals surface area contributed by atoms with E-state index in [0.717, 1.165) is 25.3 Å². The van der Waals surface area contributed by atoms with Gasteiger partial charge in [-0.1, -0.05) is 11.6 Å². The van der Waals surface area contributed by atoms with E-state index in [0.29, 0.717) is 0 Å². The van der Waals surface area contributed by atoms with E-state index < -0.39 is 17.5 Å². The van der Waals surface area contributed by atoms with E-state index in [-0.39, 0.29) is 10.8 Å². The standard InChI is InChI=1S/C9H7ClF2O3/c1-15-8(14)9(11,12)5-2-3-7(13)6(10)4-5/h2-4,13H,1H3. The lowest BCUT2D eigenvalue weighted by Crippen LogP contribution is -2.27. The molecular weight excluding hydrogens is 230 g/mol. The molecule has 0 aromatic heterocycles. The molecule has 0 aliphatic heterocycles. The van der Waals surface area contributed by atoms with Crippen molar-refractivity contribution in [3.05, 3.63) is 28.8 Å². The van der Waals surface area contributed by atoms with Crippen LogP contribution in [0.15, 0.2) is 18.2 Å². The smallest absolute Gasteiger partial charge is 0.381 e. The molecule has 0 saturated heterocycles. The van der Waals surface area contributed by atoms with Crippen LogP contribution in [-0.4, -0.2) is 18.2 Å². The quantitative estimate of drug-likeness (QED) is 0.802. The van der Waals surface area contributed by atoms with Crippen molar-refractivity contribution in [2.75, 3.05) is 7.11 Å². The zero-order chi connectivity index (χ0) is 11.6. The maximum atomic E-state index is 13.2. The molecule has 15 heavy (non-hydrogen) atoms. The number of esters is 1. The highest BCUT2D eigenvalue weighted by molar-refractivity contribution is 6.32. The molecule has 1 N–H and O–H groups in total. The van der Waals surface area contributed by atoms with E-state index in [1.165, 1.54) is 0 Å². The summed E-state index contributed by atoms with van der Waals surface area (Å²) in [6.45, 7) is 0. The summed E-state index contributed by atoms with van der Waals surface area (Å²) in [5.41, 5.74) is -0.628. The van der Waals surface area contributed by atoms with Crippen LogP contribution in [0.25, 0.3) is 0 Å². The molecular formula is C9H7ClF2O3. The van der Waals surface area contributed by atoms with Gasteiger partial charge in [0, 0.05) is 5.56 Å². The van der Waals surface area contributed by atoms with Crippen LogP contribution in [0.2, 0.25) is 5.02 Å². The number of carbonyl (C=O) groups is 1. The van der Waals surface area contributed by atoms with Crippen LogP contribution in [-0.2, 0) is 15.5 Å². The summed E-state index contributed by atoms with van der Waals surface area (Å²) in [6.07, 6.45) is 0. The number of carbonyl (C=O) groups excluding carboxylic acids is 1. The summed E-state index contributed by atoms with van der Waals surface area (Å²) in [5, 5.41) is 8.76. The number of phenols is 1. The first-order valence-corrected chi connectivity index (χ1v) is 4.22. The number of ether oxygens (including phenoxy) is 1. The Hall–Kier alpha value is -1.36. The molecule has 0 saturated carbocycles. The van der Waals surface area contributed by atoms with Gasteiger partial charge in [0.2, 0.25) is 0 Å². The Morgan fingerprint density at radius 2 is 2.13 bits per heavy atom. The average molecular weight is 237 g/mol. The zero-order valence-corrected chi connectivity index (χ0v) is 8.39. The highest BCUT2D eigenvalue weighted by Crippen LogP contribution is 2.33. The topological polar surface area (TPSA) is 46.5 Å². The van der Waals surface area contributed by atoms with Gasteiger partial charge in [-0.05, 0) is 18.2 Å². The SMILES string of the molecule is COC(=O)C(F)(F)c1ccc(O)c(Cl)c1. The summed E-state index contributed by atoms with van der Waals surface area (Å²) in [5.74, 6) is -5.78. The molecule has 1 aromatic carbocycles. The lowest BCUT2D eigenvalue weighted by molar-refractivity contribution is -0.170. The molecule has 0 amide bonds. The number of phenolic OH excluding ortho intramolecular Hbond substituents is 1. The van der Waals surface area contributed by atoms with Crippen LogP contribution >= 0.6 is 11.6 Å². The van der Waals surface area contributed by atoms with E-state index in [1.54, 1.807) is 0 Å². The molecule has 0 atom stereocenters. The van der Waals surface area contributed by atoms with Gasteiger partial charge in [-0.25, -0.2) is 4.79 Å². The van der Waals surface area contributed by atoms with E-state index in [9.17, 15) is 13.6 Å². The third kappa shape index (κ3) is 2.18. The van der Waals surface area contributed by atoms with Gasteiger partial charge >= 0.3 is 11.9 Å². The van der Waals surface area contributed by atoms with Crippen LogP contribution in [0.4, 0.5) is 8.78 Å². The van der Waals surface area contributed by atoms with Crippen LogP contribution in [0, 0.1) is 0 Å². The van der Waals surface area contributed by atoms with Crippen LogP contribution in [0.5, 0.6) is 5.75 Å². The maximum Gasteiger partial charge on any atom is 0.381 e. The first kappa shape index (κ1) is 11.7. The summed E-state index contributed by atoms with van der Waals surface area (Å²) in [7, 11) is 0.859. The van der Waals surface area contributed by atoms with Crippen molar-refractivity contribution in [1.29, 1.82) is 0 Å². The lowest BCUT2D eigenvalue weighted by atomic mass is 10.1. The number of halogens is 3. The third-order valence-electron chi connectivity index (χ3n) is 1.75. The molecule has 0 heterocycles. The zero-order valence-electron chi connectivity index (χ0n) is 7.63. The van der Waals surface area contributed by atoms with Crippen molar-refractivity contribution in [3.63, 3.8) is 0 Å². The van der Waals surface area contributed by atoms with Crippen molar-refractivity contribution >= 4 is 17.6 Å². The molecule has 0 unspecified atom stereocenters. The van der Waals surface area contributed by atoms with E-state index in [1.807, 2.05) is 0 Å². The minimum Gasteiger partial charge on any atom is -0.506 e. The molecule has 0 aliphatic rings. The Bertz CT molecular complexity index is 393. The number of hydrogen-bond donors (Lipinski definition) is 1. The lowest BCUT2D eigenvalue weighted by Gasteiger charge is -2.14. The van der Waals surface area contributed by atoms with Crippen molar-refractivity contribution in [2.45, 2.75) is 5.92 Å². The Labute approximate surface area is 89.2 Å². The number of aromatic hydroxyl groups is 1. The molecule has 1 rings (SSSR count). The second-order valence-corrected chi connectivity index (χ2v) is 3.14. The monoisotopic (exact) mass is 236 g/mol. The average Bonchev–Trinajstić information content (AvgIpc) is 2.20. The Kier molecular flexibility index (Phi) is 3.14. The predicted octanol–water partition coefficient (Wildman–Crippen LogP) is 2.31. The van der Waals surface area contributed by atoms with Gasteiger partial charge < -0.3 is 9.84 Å². The van der Waals surface area contributed by atoms with Gasteiger partial charge in [0.25, 0.3) is 0 Å². The van der Waals surface area contributed by atoms with Gasteiger partial charge in [-0.2, -0.15) is 8.78 Å². The molecule has 82 valence electrons. The number of hydrogen-bond acceptors (Lipinski definition) is 3. The van der Waals surface area contributed by atoms with Gasteiger partial charge in [-0.15, -0.1) is 0 Å². The molecule has 0 radical (unpaired) electrons. The fourth-order valence-corrected chi connectivity index (χ4v) is 1.13. The number of methoxy groups -OCH3 is 1. The fourth-order valence-electron chi connectivity index (χ4n) is 0.948. The molecule has 1 aromatic rings. The summed E-state index contributed by atoms with van der Waals surface area (Å²) < 4.78 is 30.4. The van der Waals surface area contributed by atoms with Crippen LogP contribution in [0.3, 0.4) is 0 Å². The second kappa shape index (κ2) is 4.02.